The van der Waals surface area contributed by atoms with Crippen LogP contribution in [0.5, 0.6) is 0 Å². The van der Waals surface area contributed by atoms with Gasteiger partial charge in [-0.25, -0.2) is 8.42 Å². The molecule has 1 unspecified atom stereocenters. The maximum absolute atomic E-state index is 12.6. The van der Waals surface area contributed by atoms with E-state index in [4.69, 9.17) is 0 Å². The highest BCUT2D eigenvalue weighted by Crippen LogP contribution is 2.13. The highest BCUT2D eigenvalue weighted by Gasteiger charge is 2.29. The van der Waals surface area contributed by atoms with Crippen molar-refractivity contribution in [3.05, 3.63) is 29.6 Å². The zero-order valence-electron chi connectivity index (χ0n) is 14.1. The lowest BCUT2D eigenvalue weighted by Gasteiger charge is -2.32. The maximum atomic E-state index is 12.6. The van der Waals surface area contributed by atoms with E-state index in [0.717, 1.165) is 6.41 Å². The van der Waals surface area contributed by atoms with E-state index in [-0.39, 0.29) is 28.5 Å². The number of piperazine rings is 1. The van der Waals surface area contributed by atoms with Gasteiger partial charge in [0.25, 0.3) is 11.8 Å². The minimum Gasteiger partial charge on any atom is -0.348 e. The number of rotatable bonds is 4. The van der Waals surface area contributed by atoms with Crippen LogP contribution in [0.1, 0.15) is 27.1 Å². The van der Waals surface area contributed by atoms with E-state index in [2.05, 4.69) is 10.3 Å². The molecule has 1 atom stereocenters. The van der Waals surface area contributed by atoms with Gasteiger partial charge in [-0.15, -0.1) is 0 Å². The summed E-state index contributed by atoms with van der Waals surface area (Å²) < 4.78 is 23.0. The summed E-state index contributed by atoms with van der Waals surface area (Å²) in [6, 6.07) is 1.04. The third kappa shape index (κ3) is 4.18. The molecule has 0 spiro atoms. The smallest absolute Gasteiger partial charge is 0.255 e. The van der Waals surface area contributed by atoms with Gasteiger partial charge >= 0.3 is 0 Å². The molecule has 1 aromatic heterocycles. The number of nitrogens with one attached hydrogen (secondary N) is 1. The summed E-state index contributed by atoms with van der Waals surface area (Å²) in [6.07, 6.45) is 3.89. The Morgan fingerprint density at radius 2 is 1.85 bits per heavy atom. The number of hydrogen-bond acceptors (Lipinski definition) is 6. The average molecular weight is 380 g/mol. The van der Waals surface area contributed by atoms with Gasteiger partial charge in [-0.3, -0.25) is 19.4 Å². The molecule has 1 aromatic rings. The SMILES string of the molecule is O=CN1CCN(C(=O)c2cncc(C(=O)NC3CCS(=O)(=O)C3)c2)CC1. The van der Waals surface area contributed by atoms with Crippen LogP contribution < -0.4 is 5.32 Å². The average Bonchev–Trinajstić information content (AvgIpc) is 2.99. The molecule has 0 aromatic carbocycles. The molecule has 26 heavy (non-hydrogen) atoms. The van der Waals surface area contributed by atoms with Gasteiger partial charge in [0.15, 0.2) is 9.84 Å². The second-order valence-corrected chi connectivity index (χ2v) is 8.70. The molecule has 0 radical (unpaired) electrons. The zero-order valence-corrected chi connectivity index (χ0v) is 14.9. The van der Waals surface area contributed by atoms with E-state index in [1.54, 1.807) is 9.80 Å². The number of nitrogens with zero attached hydrogens (tertiary/aromatic N) is 3. The summed E-state index contributed by atoms with van der Waals surface area (Å²) in [5.41, 5.74) is 0.503. The minimum atomic E-state index is -3.09. The van der Waals surface area contributed by atoms with Crippen LogP contribution in [0.15, 0.2) is 18.5 Å². The first-order chi connectivity index (χ1) is 12.4. The first-order valence-corrected chi connectivity index (χ1v) is 10.1. The third-order valence-electron chi connectivity index (χ3n) is 4.57. The fraction of sp³-hybridized carbons (Fsp3) is 0.500. The molecule has 0 saturated carbocycles. The lowest BCUT2D eigenvalue weighted by atomic mass is 10.1. The van der Waals surface area contributed by atoms with Crippen molar-refractivity contribution in [1.82, 2.24) is 20.1 Å². The Kier molecular flexibility index (Phi) is 5.21. The van der Waals surface area contributed by atoms with Gasteiger partial charge in [0.1, 0.15) is 0 Å². The molecule has 9 nitrogen and oxygen atoms in total. The highest BCUT2D eigenvalue weighted by atomic mass is 32.2. The third-order valence-corrected chi connectivity index (χ3v) is 6.33. The molecular weight excluding hydrogens is 360 g/mol. The molecule has 2 fully saturated rings. The largest absolute Gasteiger partial charge is 0.348 e. The van der Waals surface area contributed by atoms with Crippen LogP contribution in [0.25, 0.3) is 0 Å². The minimum absolute atomic E-state index is 0.0637. The second-order valence-electron chi connectivity index (χ2n) is 6.47. The van der Waals surface area contributed by atoms with E-state index in [1.807, 2.05) is 0 Å². The number of sulfone groups is 1. The summed E-state index contributed by atoms with van der Waals surface area (Å²) in [4.78, 5) is 42.8. The molecule has 1 N–H and O–H groups in total. The quantitative estimate of drug-likeness (QED) is 0.664. The second kappa shape index (κ2) is 7.40. The Balaban J connectivity index is 1.65. The monoisotopic (exact) mass is 380 g/mol. The van der Waals surface area contributed by atoms with Crippen LogP contribution in [0.4, 0.5) is 0 Å². The van der Waals surface area contributed by atoms with Gasteiger partial charge in [0, 0.05) is 44.6 Å². The van der Waals surface area contributed by atoms with E-state index < -0.39 is 21.8 Å². The molecule has 2 aliphatic rings. The van der Waals surface area contributed by atoms with Crippen LogP contribution in [0.3, 0.4) is 0 Å². The first-order valence-electron chi connectivity index (χ1n) is 8.33. The number of carbonyl (C=O) groups is 3. The standard InChI is InChI=1S/C16H20N4O5S/c21-11-19-2-4-20(5-3-19)16(23)13-7-12(8-17-9-13)15(22)18-14-1-6-26(24,25)10-14/h7-9,11,14H,1-6,10H2,(H,18,22). The van der Waals surface area contributed by atoms with E-state index in [0.29, 0.717) is 32.6 Å². The Labute approximate surface area is 151 Å². The summed E-state index contributed by atoms with van der Waals surface area (Å²) in [5, 5.41) is 2.68. The lowest BCUT2D eigenvalue weighted by Crippen LogP contribution is -2.48. The van der Waals surface area contributed by atoms with Gasteiger partial charge in [0.2, 0.25) is 6.41 Å². The van der Waals surface area contributed by atoms with Crippen molar-refractivity contribution in [1.29, 1.82) is 0 Å². The van der Waals surface area contributed by atoms with Crippen molar-refractivity contribution in [2.45, 2.75) is 12.5 Å². The van der Waals surface area contributed by atoms with Crippen molar-refractivity contribution in [3.63, 3.8) is 0 Å². The number of hydrogen-bond donors (Lipinski definition) is 1. The number of carbonyl (C=O) groups excluding carboxylic acids is 3. The topological polar surface area (TPSA) is 117 Å². The Hall–Kier alpha value is -2.49. The number of aromatic nitrogens is 1. The number of pyridine rings is 1. The predicted octanol–water partition coefficient (Wildman–Crippen LogP) is -1.09. The fourth-order valence-corrected chi connectivity index (χ4v) is 4.74. The Morgan fingerprint density at radius 3 is 2.46 bits per heavy atom. The van der Waals surface area contributed by atoms with Crippen molar-refractivity contribution in [2.75, 3.05) is 37.7 Å². The van der Waals surface area contributed by atoms with Crippen LogP contribution in [-0.4, -0.2) is 85.2 Å². The molecule has 2 aliphatic heterocycles. The van der Waals surface area contributed by atoms with E-state index in [9.17, 15) is 22.8 Å². The Bertz CT molecular complexity index is 818. The van der Waals surface area contributed by atoms with Crippen LogP contribution in [-0.2, 0) is 14.6 Å². The molecule has 0 bridgehead atoms. The summed E-state index contributed by atoms with van der Waals surface area (Å²) in [6.45, 7) is 1.79. The molecule has 10 heteroatoms. The Morgan fingerprint density at radius 1 is 1.15 bits per heavy atom. The molecule has 0 aliphatic carbocycles. The number of amides is 3. The van der Waals surface area contributed by atoms with Crippen molar-refractivity contribution >= 4 is 28.1 Å². The first kappa shape index (κ1) is 18.3. The molecular formula is C16H20N4O5S. The van der Waals surface area contributed by atoms with Crippen molar-refractivity contribution in [2.24, 2.45) is 0 Å². The molecule has 3 amide bonds. The zero-order chi connectivity index (χ0) is 18.7. The molecule has 3 rings (SSSR count). The van der Waals surface area contributed by atoms with E-state index >= 15 is 0 Å². The van der Waals surface area contributed by atoms with Gasteiger partial charge in [-0.2, -0.15) is 0 Å². The van der Waals surface area contributed by atoms with Gasteiger partial charge in [-0.05, 0) is 12.5 Å². The van der Waals surface area contributed by atoms with Crippen molar-refractivity contribution < 1.29 is 22.8 Å². The van der Waals surface area contributed by atoms with E-state index in [1.165, 1.54) is 18.5 Å². The molecule has 2 saturated heterocycles. The fourth-order valence-electron chi connectivity index (χ4n) is 3.07. The molecule has 3 heterocycles. The summed E-state index contributed by atoms with van der Waals surface area (Å²) >= 11 is 0. The summed E-state index contributed by atoms with van der Waals surface area (Å²) in [5.74, 6) is -0.686. The van der Waals surface area contributed by atoms with Crippen molar-refractivity contribution in [3.8, 4) is 0 Å². The van der Waals surface area contributed by atoms with Gasteiger partial charge < -0.3 is 15.1 Å². The van der Waals surface area contributed by atoms with Gasteiger partial charge in [0.05, 0.1) is 22.6 Å². The van der Waals surface area contributed by atoms with Crippen LogP contribution >= 0.6 is 0 Å². The lowest BCUT2D eigenvalue weighted by molar-refractivity contribution is -0.119. The van der Waals surface area contributed by atoms with Crippen LogP contribution in [0, 0.1) is 0 Å². The van der Waals surface area contributed by atoms with Crippen LogP contribution in [0.2, 0.25) is 0 Å². The highest BCUT2D eigenvalue weighted by molar-refractivity contribution is 7.91. The molecule has 140 valence electrons. The normalized spacial score (nSPS) is 22.1. The summed E-state index contributed by atoms with van der Waals surface area (Å²) in [7, 11) is -3.09. The maximum Gasteiger partial charge on any atom is 0.255 e. The van der Waals surface area contributed by atoms with Gasteiger partial charge in [-0.1, -0.05) is 0 Å². The predicted molar refractivity (Wildman–Crippen MR) is 92.3 cm³/mol.